The molecule has 0 aromatic rings. The van der Waals surface area contributed by atoms with Crippen molar-refractivity contribution in [3.05, 3.63) is 0 Å². The largest absolute Gasteiger partial charge is 0.394 e. The summed E-state index contributed by atoms with van der Waals surface area (Å²) < 4.78 is 12.1. The molecule has 6 aliphatic rings. The summed E-state index contributed by atoms with van der Waals surface area (Å²) in [6.07, 6.45) is -1.55. The lowest BCUT2D eigenvalue weighted by Crippen LogP contribution is -2.63. The number of ether oxygens (including phenoxy) is 2. The minimum Gasteiger partial charge on any atom is -0.394 e. The lowest BCUT2D eigenvalue weighted by Gasteiger charge is -2.64. The van der Waals surface area contributed by atoms with Crippen LogP contribution in [0.3, 0.4) is 0 Å². The molecule has 1 aliphatic heterocycles. The molecule has 1 saturated heterocycles. The molecule has 46 heavy (non-hydrogen) atoms. The Bertz CT molecular complexity index is 1140. The molecule has 10 nitrogen and oxygen atoms in total. The van der Waals surface area contributed by atoms with Gasteiger partial charge in [0.15, 0.2) is 6.29 Å². The van der Waals surface area contributed by atoms with Crippen LogP contribution in [-0.4, -0.2) is 108 Å². The van der Waals surface area contributed by atoms with Crippen LogP contribution in [0.2, 0.25) is 0 Å². The van der Waals surface area contributed by atoms with Gasteiger partial charge in [-0.3, -0.25) is 0 Å². The highest BCUT2D eigenvalue weighted by molar-refractivity contribution is 5.32. The number of rotatable bonds is 8. The Morgan fingerprint density at radius 2 is 1.54 bits per heavy atom. The molecule has 5 aliphatic carbocycles. The molecule has 0 radical (unpaired) electrons. The first-order chi connectivity index (χ1) is 21.2. The van der Waals surface area contributed by atoms with Crippen molar-refractivity contribution in [3.63, 3.8) is 0 Å². The van der Waals surface area contributed by atoms with Crippen molar-refractivity contribution in [3.8, 4) is 0 Å². The molecule has 17 atom stereocenters. The van der Waals surface area contributed by atoms with Crippen LogP contribution >= 0.6 is 0 Å². The first-order valence-corrected chi connectivity index (χ1v) is 17.9. The molecule has 10 heteroatoms. The second-order valence-electron chi connectivity index (χ2n) is 18.4. The van der Waals surface area contributed by atoms with E-state index in [0.29, 0.717) is 25.7 Å². The molecule has 0 amide bonds. The van der Waals surface area contributed by atoms with E-state index in [9.17, 15) is 40.9 Å². The molecule has 266 valence electrons. The lowest BCUT2D eigenvalue weighted by atomic mass is 9.41. The zero-order chi connectivity index (χ0) is 34.0. The zero-order valence-corrected chi connectivity index (χ0v) is 29.0. The van der Waals surface area contributed by atoms with Gasteiger partial charge in [-0.2, -0.15) is 0 Å². The van der Waals surface area contributed by atoms with E-state index in [1.54, 1.807) is 13.8 Å². The van der Waals surface area contributed by atoms with Gasteiger partial charge in [-0.25, -0.2) is 0 Å². The van der Waals surface area contributed by atoms with Gasteiger partial charge in [0.05, 0.1) is 36.6 Å². The van der Waals surface area contributed by atoms with E-state index in [1.807, 2.05) is 0 Å². The van der Waals surface area contributed by atoms with Crippen molar-refractivity contribution in [2.75, 3.05) is 6.61 Å². The molecule has 1 heterocycles. The predicted octanol–water partition coefficient (Wildman–Crippen LogP) is 2.10. The van der Waals surface area contributed by atoms with Gasteiger partial charge in [-0.05, 0) is 122 Å². The molecule has 5 saturated carbocycles. The Morgan fingerprint density at radius 1 is 0.870 bits per heavy atom. The van der Waals surface area contributed by atoms with Crippen LogP contribution in [0, 0.1) is 50.7 Å². The molecule has 6 rings (SSSR count). The third-order valence-electron chi connectivity index (χ3n) is 15.5. The molecule has 0 unspecified atom stereocenters. The SMILES string of the molecule is C[C@@H](CC[C@@H](O)C(C)(C)O)[C@H]1[C@@H](O)C[C@]2(C)[C@@H]3C[C@@H](O)[C@H]4C(C)(C)[C@@H](O[C@@H]5O[C@H](CO)[C@@H](O)[C@H](O)[C@H]5O)CC[C@@]45C[C@@]35CC[C@]12C. The third-order valence-corrected chi connectivity index (χ3v) is 15.5. The Hall–Kier alpha value is -0.400. The molecule has 2 spiro atoms. The normalized spacial score (nSPS) is 54.2. The maximum atomic E-state index is 12.1. The fourth-order valence-corrected chi connectivity index (χ4v) is 13.0. The molecular weight excluding hydrogens is 592 g/mol. The second-order valence-corrected chi connectivity index (χ2v) is 18.4. The van der Waals surface area contributed by atoms with Crippen LogP contribution in [0.5, 0.6) is 0 Å². The quantitative estimate of drug-likeness (QED) is 0.181. The van der Waals surface area contributed by atoms with Crippen molar-refractivity contribution in [2.24, 2.45) is 50.7 Å². The topological polar surface area (TPSA) is 180 Å². The summed E-state index contributed by atoms with van der Waals surface area (Å²) in [5, 5.41) is 85.7. The average Bonchev–Trinajstić information content (AvgIpc) is 3.55. The first-order valence-electron chi connectivity index (χ1n) is 17.9. The van der Waals surface area contributed by atoms with Gasteiger partial charge < -0.3 is 50.3 Å². The molecule has 8 N–H and O–H groups in total. The van der Waals surface area contributed by atoms with Gasteiger partial charge in [-0.15, -0.1) is 0 Å². The predicted molar refractivity (Wildman–Crippen MR) is 169 cm³/mol. The molecule has 0 aromatic carbocycles. The van der Waals surface area contributed by atoms with E-state index in [4.69, 9.17) is 9.47 Å². The fourth-order valence-electron chi connectivity index (χ4n) is 13.0. The van der Waals surface area contributed by atoms with Gasteiger partial charge in [0.1, 0.15) is 24.4 Å². The van der Waals surface area contributed by atoms with Gasteiger partial charge in [0.2, 0.25) is 0 Å². The van der Waals surface area contributed by atoms with Gasteiger partial charge in [0.25, 0.3) is 0 Å². The molecule has 0 aromatic heterocycles. The zero-order valence-electron chi connectivity index (χ0n) is 29.0. The van der Waals surface area contributed by atoms with Gasteiger partial charge >= 0.3 is 0 Å². The molecular formula is C36H62O10. The summed E-state index contributed by atoms with van der Waals surface area (Å²) in [4.78, 5) is 0. The van der Waals surface area contributed by atoms with E-state index in [0.717, 1.165) is 32.1 Å². The number of hydrogen-bond donors (Lipinski definition) is 8. The number of aliphatic hydroxyl groups is 8. The maximum absolute atomic E-state index is 12.1. The van der Waals surface area contributed by atoms with Crippen LogP contribution in [-0.2, 0) is 9.47 Å². The molecule has 0 bridgehead atoms. The maximum Gasteiger partial charge on any atom is 0.186 e. The van der Waals surface area contributed by atoms with Crippen LogP contribution in [0.4, 0.5) is 0 Å². The fraction of sp³-hybridized carbons (Fsp3) is 1.00. The summed E-state index contributed by atoms with van der Waals surface area (Å²) in [6.45, 7) is 14.0. The summed E-state index contributed by atoms with van der Waals surface area (Å²) in [5.41, 5.74) is -1.85. The van der Waals surface area contributed by atoms with Crippen LogP contribution < -0.4 is 0 Å². The van der Waals surface area contributed by atoms with E-state index < -0.39 is 66.6 Å². The second kappa shape index (κ2) is 11.3. The van der Waals surface area contributed by atoms with Crippen molar-refractivity contribution in [1.29, 1.82) is 0 Å². The Balaban J connectivity index is 1.22. The summed E-state index contributed by atoms with van der Waals surface area (Å²) in [6, 6.07) is 0. The minimum absolute atomic E-state index is 0.0304. The highest BCUT2D eigenvalue weighted by Gasteiger charge is 2.84. The van der Waals surface area contributed by atoms with E-state index in [1.165, 1.54) is 0 Å². The highest BCUT2D eigenvalue weighted by Crippen LogP contribution is 2.89. The Morgan fingerprint density at radius 3 is 2.17 bits per heavy atom. The molecule has 6 fully saturated rings. The van der Waals surface area contributed by atoms with E-state index in [2.05, 4.69) is 34.6 Å². The van der Waals surface area contributed by atoms with Gasteiger partial charge in [-0.1, -0.05) is 34.6 Å². The summed E-state index contributed by atoms with van der Waals surface area (Å²) in [7, 11) is 0. The Kier molecular flexibility index (Phi) is 8.71. The van der Waals surface area contributed by atoms with E-state index >= 15 is 0 Å². The summed E-state index contributed by atoms with van der Waals surface area (Å²) in [5.74, 6) is 0.499. The van der Waals surface area contributed by atoms with Crippen molar-refractivity contribution in [1.82, 2.24) is 0 Å². The Labute approximate surface area is 274 Å². The monoisotopic (exact) mass is 654 g/mol. The standard InChI is InChI=1S/C36H62O10/c1-18(8-9-23(40)32(4,5)44)25-20(39)15-34(7)22-14-19(38)29-31(2,3)24(46-30-28(43)27(42)26(41)21(16-37)45-30)10-11-36(29)17-35(22,36)13-12-33(25,34)6/h18-30,37-44H,8-17H2,1-7H3/t18-,19+,20-,21+,22-,23+,24-,25-,26+,27-,28+,29-,30-,33+,34+,35-,36+/m0/s1. The number of hydrogen-bond acceptors (Lipinski definition) is 10. The third kappa shape index (κ3) is 4.78. The van der Waals surface area contributed by atoms with Crippen molar-refractivity contribution >= 4 is 0 Å². The van der Waals surface area contributed by atoms with Crippen LogP contribution in [0.15, 0.2) is 0 Å². The van der Waals surface area contributed by atoms with Crippen LogP contribution in [0.25, 0.3) is 0 Å². The number of aliphatic hydroxyl groups excluding tert-OH is 7. The van der Waals surface area contributed by atoms with Gasteiger partial charge in [0, 0.05) is 0 Å². The minimum atomic E-state index is -1.50. The van der Waals surface area contributed by atoms with E-state index in [-0.39, 0.29) is 51.4 Å². The lowest BCUT2D eigenvalue weighted by molar-refractivity contribution is -0.329. The van der Waals surface area contributed by atoms with Crippen LogP contribution in [0.1, 0.15) is 106 Å². The summed E-state index contributed by atoms with van der Waals surface area (Å²) >= 11 is 0. The first kappa shape index (κ1) is 35.4. The number of fused-ring (bicyclic) bond motifs is 2. The smallest absolute Gasteiger partial charge is 0.186 e. The van der Waals surface area contributed by atoms with Crippen molar-refractivity contribution < 1.29 is 50.3 Å². The van der Waals surface area contributed by atoms with Crippen molar-refractivity contribution in [2.45, 2.75) is 167 Å². The highest BCUT2D eigenvalue weighted by atomic mass is 16.7. The average molecular weight is 655 g/mol.